The first-order valence-corrected chi connectivity index (χ1v) is 5.21. The van der Waals surface area contributed by atoms with Crippen LogP contribution in [-0.2, 0) is 6.42 Å². The number of aliphatic imine (C=N–C) groups is 1. The Balaban J connectivity index is 2.27. The molecule has 1 aromatic rings. The van der Waals surface area contributed by atoms with Crippen LogP contribution in [-0.4, -0.2) is 31.1 Å². The van der Waals surface area contributed by atoms with Crippen molar-refractivity contribution in [2.75, 3.05) is 20.1 Å². The number of aromatic nitrogens is 1. The summed E-state index contributed by atoms with van der Waals surface area (Å²) in [6, 6.07) is 5.95. The number of hydrogen-bond donors (Lipinski definition) is 2. The lowest BCUT2D eigenvalue weighted by Crippen LogP contribution is -2.38. The molecule has 0 aliphatic carbocycles. The summed E-state index contributed by atoms with van der Waals surface area (Å²) in [5.74, 6) is 0.841. The third-order valence-electron chi connectivity index (χ3n) is 1.97. The van der Waals surface area contributed by atoms with E-state index in [-0.39, 0.29) is 0 Å². The summed E-state index contributed by atoms with van der Waals surface area (Å²) < 4.78 is 0. The van der Waals surface area contributed by atoms with E-state index in [2.05, 4.69) is 20.6 Å². The Bertz CT molecular complexity index is 295. The molecule has 0 aliphatic rings. The molecule has 0 fully saturated rings. The van der Waals surface area contributed by atoms with Crippen LogP contribution in [0, 0.1) is 0 Å². The molecule has 1 heterocycles. The van der Waals surface area contributed by atoms with E-state index in [1.807, 2.05) is 31.3 Å². The van der Waals surface area contributed by atoms with Gasteiger partial charge in [0.15, 0.2) is 5.96 Å². The first-order chi connectivity index (χ1) is 7.36. The average Bonchev–Trinajstić information content (AvgIpc) is 2.29. The van der Waals surface area contributed by atoms with Gasteiger partial charge < -0.3 is 10.6 Å². The van der Waals surface area contributed by atoms with E-state index in [1.165, 1.54) is 0 Å². The van der Waals surface area contributed by atoms with E-state index in [9.17, 15) is 0 Å². The van der Waals surface area contributed by atoms with Gasteiger partial charge in [-0.1, -0.05) is 6.07 Å². The third kappa shape index (κ3) is 4.44. The molecule has 0 amide bonds. The molecule has 15 heavy (non-hydrogen) atoms. The smallest absolute Gasteiger partial charge is 0.190 e. The molecule has 2 N–H and O–H groups in total. The Hall–Kier alpha value is -1.58. The second kappa shape index (κ2) is 6.81. The van der Waals surface area contributed by atoms with Crippen LogP contribution in [0.2, 0.25) is 0 Å². The number of guanidine groups is 1. The second-order valence-electron chi connectivity index (χ2n) is 3.10. The molecule has 4 heteroatoms. The van der Waals surface area contributed by atoms with Gasteiger partial charge in [-0.05, 0) is 19.1 Å². The van der Waals surface area contributed by atoms with E-state index >= 15 is 0 Å². The van der Waals surface area contributed by atoms with E-state index in [1.54, 1.807) is 7.05 Å². The normalized spacial score (nSPS) is 11.2. The van der Waals surface area contributed by atoms with Crippen LogP contribution in [0.1, 0.15) is 12.6 Å². The molecule has 82 valence electrons. The van der Waals surface area contributed by atoms with Gasteiger partial charge in [-0.25, -0.2) is 0 Å². The molecular formula is C11H18N4. The predicted molar refractivity (Wildman–Crippen MR) is 63.0 cm³/mol. The molecule has 0 spiro atoms. The number of hydrogen-bond acceptors (Lipinski definition) is 2. The maximum atomic E-state index is 4.25. The van der Waals surface area contributed by atoms with Crippen LogP contribution in [0.15, 0.2) is 29.4 Å². The zero-order valence-electron chi connectivity index (χ0n) is 9.33. The van der Waals surface area contributed by atoms with Crippen molar-refractivity contribution in [1.29, 1.82) is 0 Å². The molecule has 0 saturated carbocycles. The number of rotatable bonds is 4. The molecule has 0 unspecified atom stereocenters. The minimum absolute atomic E-state index is 0.841. The summed E-state index contributed by atoms with van der Waals surface area (Å²) in [6.45, 7) is 3.77. The van der Waals surface area contributed by atoms with Crippen molar-refractivity contribution in [2.24, 2.45) is 4.99 Å². The lowest BCUT2D eigenvalue weighted by Gasteiger charge is -2.09. The van der Waals surface area contributed by atoms with Gasteiger partial charge in [0.2, 0.25) is 0 Å². The van der Waals surface area contributed by atoms with Gasteiger partial charge >= 0.3 is 0 Å². The summed E-state index contributed by atoms with van der Waals surface area (Å²) in [5.41, 5.74) is 1.09. The number of nitrogens with zero attached hydrogens (tertiary/aromatic N) is 2. The lowest BCUT2D eigenvalue weighted by atomic mass is 10.3. The van der Waals surface area contributed by atoms with Crippen molar-refractivity contribution >= 4 is 5.96 Å². The summed E-state index contributed by atoms with van der Waals surface area (Å²) in [6.07, 6.45) is 2.72. The lowest BCUT2D eigenvalue weighted by molar-refractivity contribution is 0.797. The van der Waals surface area contributed by atoms with Gasteiger partial charge in [-0.15, -0.1) is 0 Å². The number of pyridine rings is 1. The molecule has 1 aromatic heterocycles. The zero-order valence-corrected chi connectivity index (χ0v) is 9.33. The second-order valence-corrected chi connectivity index (χ2v) is 3.10. The maximum Gasteiger partial charge on any atom is 0.190 e. The molecule has 4 nitrogen and oxygen atoms in total. The van der Waals surface area contributed by atoms with Crippen LogP contribution < -0.4 is 10.6 Å². The fraction of sp³-hybridized carbons (Fsp3) is 0.455. The minimum atomic E-state index is 0.841. The van der Waals surface area contributed by atoms with Crippen LogP contribution >= 0.6 is 0 Å². The van der Waals surface area contributed by atoms with Crippen molar-refractivity contribution < 1.29 is 0 Å². The van der Waals surface area contributed by atoms with Gasteiger partial charge in [-0.2, -0.15) is 0 Å². The van der Waals surface area contributed by atoms with Gasteiger partial charge in [-0.3, -0.25) is 9.98 Å². The Morgan fingerprint density at radius 1 is 1.40 bits per heavy atom. The van der Waals surface area contributed by atoms with E-state index < -0.39 is 0 Å². The Labute approximate surface area is 90.8 Å². The summed E-state index contributed by atoms with van der Waals surface area (Å²) >= 11 is 0. The van der Waals surface area contributed by atoms with Crippen LogP contribution in [0.3, 0.4) is 0 Å². The first kappa shape index (κ1) is 11.5. The highest BCUT2D eigenvalue weighted by atomic mass is 15.2. The average molecular weight is 206 g/mol. The van der Waals surface area contributed by atoms with Crippen LogP contribution in [0.25, 0.3) is 0 Å². The van der Waals surface area contributed by atoms with Gasteiger partial charge in [0.1, 0.15) is 0 Å². The quantitative estimate of drug-likeness (QED) is 0.566. The Morgan fingerprint density at radius 2 is 2.27 bits per heavy atom. The van der Waals surface area contributed by atoms with Crippen LogP contribution in [0.4, 0.5) is 0 Å². The highest BCUT2D eigenvalue weighted by Crippen LogP contribution is 1.92. The van der Waals surface area contributed by atoms with Crippen LogP contribution in [0.5, 0.6) is 0 Å². The summed E-state index contributed by atoms with van der Waals surface area (Å²) in [7, 11) is 1.77. The van der Waals surface area contributed by atoms with E-state index in [4.69, 9.17) is 0 Å². The predicted octanol–water partition coefficient (Wildman–Crippen LogP) is 0.809. The third-order valence-corrected chi connectivity index (χ3v) is 1.97. The van der Waals surface area contributed by atoms with Crippen molar-refractivity contribution in [3.05, 3.63) is 30.1 Å². The molecule has 0 atom stereocenters. The molecule has 0 bridgehead atoms. The molecule has 0 aliphatic heterocycles. The van der Waals surface area contributed by atoms with Gasteiger partial charge in [0.25, 0.3) is 0 Å². The van der Waals surface area contributed by atoms with Crippen molar-refractivity contribution in [2.45, 2.75) is 13.3 Å². The molecule has 1 rings (SSSR count). The molecule has 0 saturated heterocycles. The van der Waals surface area contributed by atoms with Gasteiger partial charge in [0, 0.05) is 38.4 Å². The summed E-state index contributed by atoms with van der Waals surface area (Å²) in [4.78, 5) is 8.33. The summed E-state index contributed by atoms with van der Waals surface area (Å²) in [5, 5.41) is 6.35. The molecule has 0 radical (unpaired) electrons. The Morgan fingerprint density at radius 3 is 2.87 bits per heavy atom. The van der Waals surface area contributed by atoms with E-state index in [0.29, 0.717) is 0 Å². The van der Waals surface area contributed by atoms with Crippen molar-refractivity contribution in [3.8, 4) is 0 Å². The SMILES string of the molecule is CCNC(=NC)NCCc1ccccn1. The minimum Gasteiger partial charge on any atom is -0.357 e. The first-order valence-electron chi connectivity index (χ1n) is 5.21. The fourth-order valence-corrected chi connectivity index (χ4v) is 1.24. The van der Waals surface area contributed by atoms with Crippen molar-refractivity contribution in [3.63, 3.8) is 0 Å². The maximum absolute atomic E-state index is 4.25. The topological polar surface area (TPSA) is 49.3 Å². The standard InChI is InChI=1S/C11H18N4/c1-3-13-11(12-2)15-9-7-10-6-4-5-8-14-10/h4-6,8H,3,7,9H2,1-2H3,(H2,12,13,15). The van der Waals surface area contributed by atoms with Gasteiger partial charge in [0.05, 0.1) is 0 Å². The molecule has 0 aromatic carbocycles. The van der Waals surface area contributed by atoms with E-state index in [0.717, 1.165) is 31.2 Å². The van der Waals surface area contributed by atoms with Crippen molar-refractivity contribution in [1.82, 2.24) is 15.6 Å². The highest BCUT2D eigenvalue weighted by Gasteiger charge is 1.95. The Kier molecular flexibility index (Phi) is 5.22. The highest BCUT2D eigenvalue weighted by molar-refractivity contribution is 5.79. The monoisotopic (exact) mass is 206 g/mol. The molecular weight excluding hydrogens is 188 g/mol. The fourth-order valence-electron chi connectivity index (χ4n) is 1.24. The number of nitrogens with one attached hydrogen (secondary N) is 2. The zero-order chi connectivity index (χ0) is 10.9. The largest absolute Gasteiger partial charge is 0.357 e.